The van der Waals surface area contributed by atoms with Gasteiger partial charge in [0.2, 0.25) is 0 Å². The smallest absolute Gasteiger partial charge is 0.0556 e. The van der Waals surface area contributed by atoms with Crippen LogP contribution in [0.1, 0.15) is 24.0 Å². The lowest BCUT2D eigenvalue weighted by molar-refractivity contribution is -0.0531. The van der Waals surface area contributed by atoms with Gasteiger partial charge in [-0.3, -0.25) is 0 Å². The molecule has 3 heteroatoms. The van der Waals surface area contributed by atoms with E-state index in [1.54, 1.807) is 0 Å². The number of aryl methyl sites for hydroxylation is 1. The molecule has 1 atom stereocenters. The molecule has 106 valence electrons. The molecule has 3 nitrogen and oxygen atoms in total. The Hall–Kier alpha value is -0.900. The number of rotatable bonds is 5. The summed E-state index contributed by atoms with van der Waals surface area (Å²) >= 11 is 0. The first-order valence-corrected chi connectivity index (χ1v) is 7.06. The average molecular weight is 263 g/mol. The molecule has 0 bridgehead atoms. The Balaban J connectivity index is 1.94. The molecule has 1 N–H and O–H groups in total. The van der Waals surface area contributed by atoms with Crippen LogP contribution in [0.2, 0.25) is 0 Å². The fourth-order valence-corrected chi connectivity index (χ4v) is 2.96. The molecule has 0 aromatic heterocycles. The summed E-state index contributed by atoms with van der Waals surface area (Å²) in [5.41, 5.74) is 2.55. The Labute approximate surface area is 116 Å². The quantitative estimate of drug-likeness (QED) is 0.884. The molecule has 1 aliphatic rings. The second-order valence-corrected chi connectivity index (χ2v) is 5.98. The third-order valence-corrected chi connectivity index (χ3v) is 3.88. The number of hydrogen-bond acceptors (Lipinski definition) is 3. The first-order chi connectivity index (χ1) is 9.13. The molecule has 1 saturated heterocycles. The minimum absolute atomic E-state index is 0.0726. The van der Waals surface area contributed by atoms with Crippen molar-refractivity contribution in [3.05, 3.63) is 35.4 Å². The van der Waals surface area contributed by atoms with Gasteiger partial charge in [-0.05, 0) is 32.4 Å². The molecule has 0 aliphatic carbocycles. The lowest BCUT2D eigenvalue weighted by Gasteiger charge is -2.38. The Morgan fingerprint density at radius 3 is 2.89 bits per heavy atom. The molecule has 1 aromatic rings. The van der Waals surface area contributed by atoms with Gasteiger partial charge in [0.25, 0.3) is 0 Å². The second kappa shape index (κ2) is 6.51. The third-order valence-electron chi connectivity index (χ3n) is 3.88. The van der Waals surface area contributed by atoms with Gasteiger partial charge >= 0.3 is 0 Å². The van der Waals surface area contributed by atoms with Crippen LogP contribution in [-0.2, 0) is 11.3 Å². The summed E-state index contributed by atoms with van der Waals surface area (Å²) in [6, 6.07) is 8.60. The topological polar surface area (TPSA) is 32.7 Å². The van der Waals surface area contributed by atoms with E-state index in [1.807, 2.05) is 0 Å². The molecular weight excluding hydrogens is 238 g/mol. The van der Waals surface area contributed by atoms with E-state index in [0.717, 1.165) is 32.5 Å². The summed E-state index contributed by atoms with van der Waals surface area (Å²) < 4.78 is 5.56. The monoisotopic (exact) mass is 263 g/mol. The van der Waals surface area contributed by atoms with Gasteiger partial charge in [-0.2, -0.15) is 0 Å². The maximum atomic E-state index is 9.69. The summed E-state index contributed by atoms with van der Waals surface area (Å²) in [5.74, 6) is 0. The minimum Gasteiger partial charge on any atom is -0.396 e. The fourth-order valence-electron chi connectivity index (χ4n) is 2.96. The van der Waals surface area contributed by atoms with Crippen LogP contribution in [0.4, 0.5) is 0 Å². The Bertz CT molecular complexity index is 399. The summed E-state index contributed by atoms with van der Waals surface area (Å²) in [7, 11) is 2.12. The van der Waals surface area contributed by atoms with Gasteiger partial charge in [-0.15, -0.1) is 0 Å². The van der Waals surface area contributed by atoms with Crippen LogP contribution < -0.4 is 0 Å². The van der Waals surface area contributed by atoms with Gasteiger partial charge in [0.15, 0.2) is 0 Å². The van der Waals surface area contributed by atoms with Crippen molar-refractivity contribution < 1.29 is 9.84 Å². The van der Waals surface area contributed by atoms with Crippen LogP contribution in [0.15, 0.2) is 24.3 Å². The van der Waals surface area contributed by atoms with Gasteiger partial charge in [0, 0.05) is 25.1 Å². The standard InChI is InChI=1S/C16H25NO2/c1-14-5-3-6-15(9-14)10-17(2)11-16(12-18)7-4-8-19-13-16/h3,5-6,9,18H,4,7-8,10-13H2,1-2H3. The highest BCUT2D eigenvalue weighted by Gasteiger charge is 2.33. The first kappa shape index (κ1) is 14.5. The van der Waals surface area contributed by atoms with Crippen LogP contribution in [-0.4, -0.2) is 43.4 Å². The number of ether oxygens (including phenoxy) is 1. The molecule has 0 spiro atoms. The summed E-state index contributed by atoms with van der Waals surface area (Å²) in [5, 5.41) is 9.69. The molecule has 1 aliphatic heterocycles. The van der Waals surface area contributed by atoms with Crippen molar-refractivity contribution >= 4 is 0 Å². The van der Waals surface area contributed by atoms with E-state index in [-0.39, 0.29) is 12.0 Å². The number of aliphatic hydroxyl groups is 1. The zero-order valence-electron chi connectivity index (χ0n) is 12.1. The fraction of sp³-hybridized carbons (Fsp3) is 0.625. The summed E-state index contributed by atoms with van der Waals surface area (Å²) in [6.07, 6.45) is 2.11. The van der Waals surface area contributed by atoms with Gasteiger partial charge in [0.05, 0.1) is 13.2 Å². The molecule has 1 fully saturated rings. The molecule has 1 heterocycles. The van der Waals surface area contributed by atoms with E-state index < -0.39 is 0 Å². The lowest BCUT2D eigenvalue weighted by atomic mass is 9.83. The Kier molecular flexibility index (Phi) is 4.97. The predicted molar refractivity (Wildman–Crippen MR) is 77.1 cm³/mol. The number of benzene rings is 1. The number of aliphatic hydroxyl groups excluding tert-OH is 1. The zero-order valence-corrected chi connectivity index (χ0v) is 12.1. The molecular formula is C16H25NO2. The van der Waals surface area contributed by atoms with Crippen LogP contribution in [0.25, 0.3) is 0 Å². The highest BCUT2D eigenvalue weighted by atomic mass is 16.5. The molecule has 1 aromatic carbocycles. The molecule has 19 heavy (non-hydrogen) atoms. The number of hydrogen-bond donors (Lipinski definition) is 1. The normalized spacial score (nSPS) is 23.8. The van der Waals surface area contributed by atoms with E-state index >= 15 is 0 Å². The largest absolute Gasteiger partial charge is 0.396 e. The SMILES string of the molecule is Cc1cccc(CN(C)CC2(CO)CCCOC2)c1. The zero-order chi connectivity index (χ0) is 13.7. The van der Waals surface area contributed by atoms with Crippen molar-refractivity contribution in [3.8, 4) is 0 Å². The van der Waals surface area contributed by atoms with E-state index in [2.05, 4.69) is 43.1 Å². The summed E-state index contributed by atoms with van der Waals surface area (Å²) in [4.78, 5) is 2.29. The van der Waals surface area contributed by atoms with E-state index in [4.69, 9.17) is 4.74 Å². The number of nitrogens with zero attached hydrogens (tertiary/aromatic N) is 1. The highest BCUT2D eigenvalue weighted by Crippen LogP contribution is 2.29. The second-order valence-electron chi connectivity index (χ2n) is 5.98. The highest BCUT2D eigenvalue weighted by molar-refractivity contribution is 5.22. The van der Waals surface area contributed by atoms with Crippen molar-refractivity contribution in [2.45, 2.75) is 26.3 Å². The van der Waals surface area contributed by atoms with Gasteiger partial charge in [0.1, 0.15) is 0 Å². The van der Waals surface area contributed by atoms with Gasteiger partial charge < -0.3 is 14.7 Å². The van der Waals surface area contributed by atoms with E-state index in [1.165, 1.54) is 11.1 Å². The van der Waals surface area contributed by atoms with Crippen LogP contribution in [0, 0.1) is 12.3 Å². The van der Waals surface area contributed by atoms with Crippen molar-refractivity contribution in [3.63, 3.8) is 0 Å². The van der Waals surface area contributed by atoms with Crippen molar-refractivity contribution in [2.75, 3.05) is 33.4 Å². The molecule has 0 amide bonds. The minimum atomic E-state index is -0.0726. The van der Waals surface area contributed by atoms with E-state index in [9.17, 15) is 5.11 Å². The Morgan fingerprint density at radius 2 is 2.26 bits per heavy atom. The predicted octanol–water partition coefficient (Wildman–Crippen LogP) is 2.22. The van der Waals surface area contributed by atoms with Crippen molar-refractivity contribution in [2.24, 2.45) is 5.41 Å². The van der Waals surface area contributed by atoms with Crippen LogP contribution in [0.5, 0.6) is 0 Å². The van der Waals surface area contributed by atoms with Crippen molar-refractivity contribution in [1.29, 1.82) is 0 Å². The Morgan fingerprint density at radius 1 is 1.42 bits per heavy atom. The molecule has 1 unspecified atom stereocenters. The molecule has 0 radical (unpaired) electrons. The third kappa shape index (κ3) is 4.03. The average Bonchev–Trinajstić information content (AvgIpc) is 2.39. The van der Waals surface area contributed by atoms with Crippen LogP contribution in [0.3, 0.4) is 0 Å². The van der Waals surface area contributed by atoms with Crippen molar-refractivity contribution in [1.82, 2.24) is 4.90 Å². The summed E-state index contributed by atoms with van der Waals surface area (Å²) in [6.45, 7) is 5.66. The van der Waals surface area contributed by atoms with Gasteiger partial charge in [-0.1, -0.05) is 29.8 Å². The molecule has 0 saturated carbocycles. The maximum Gasteiger partial charge on any atom is 0.0556 e. The van der Waals surface area contributed by atoms with E-state index in [0.29, 0.717) is 6.61 Å². The van der Waals surface area contributed by atoms with Crippen LogP contribution >= 0.6 is 0 Å². The lowest BCUT2D eigenvalue weighted by Crippen LogP contribution is -2.44. The molecule has 2 rings (SSSR count). The maximum absolute atomic E-state index is 9.69. The first-order valence-electron chi connectivity index (χ1n) is 7.06. The van der Waals surface area contributed by atoms with Gasteiger partial charge in [-0.25, -0.2) is 0 Å².